The average molecular weight is 556 g/mol. The average Bonchev–Trinajstić information content (AvgIpc) is 3.18. The third kappa shape index (κ3) is 3.46. The molecule has 2 aromatic heterocycles. The molecule has 0 bridgehead atoms. The monoisotopic (exact) mass is 556 g/mol. The summed E-state index contributed by atoms with van der Waals surface area (Å²) in [4.78, 5) is 17.1. The van der Waals surface area contributed by atoms with Crippen molar-refractivity contribution in [2.45, 2.75) is 52.0 Å². The van der Waals surface area contributed by atoms with E-state index >= 15 is 4.39 Å². The lowest BCUT2D eigenvalue weighted by Crippen LogP contribution is -2.26. The van der Waals surface area contributed by atoms with Crippen LogP contribution in [0.1, 0.15) is 62.3 Å². The van der Waals surface area contributed by atoms with E-state index in [0.29, 0.717) is 33.9 Å². The zero-order chi connectivity index (χ0) is 23.4. The minimum atomic E-state index is -0.250. The second-order valence-corrected chi connectivity index (χ2v) is 10.6. The molecule has 2 aromatic carbocycles. The summed E-state index contributed by atoms with van der Waals surface area (Å²) in [7, 11) is 0. The Morgan fingerprint density at radius 3 is 2.61 bits per heavy atom. The minimum Gasteiger partial charge on any atom is -0.340 e. The normalized spacial score (nSPS) is 15.8. The smallest absolute Gasteiger partial charge is 0.199 e. The molecular weight excluding hydrogens is 530 g/mol. The number of aromatic amines is 1. The molecule has 1 saturated heterocycles. The van der Waals surface area contributed by atoms with Gasteiger partial charge in [0, 0.05) is 58.3 Å². The molecule has 170 valence electrons. The Bertz CT molecular complexity index is 1500. The van der Waals surface area contributed by atoms with Crippen molar-refractivity contribution >= 4 is 55.7 Å². The minimum absolute atomic E-state index is 0.0647. The number of nitriles is 1. The molecule has 1 fully saturated rings. The summed E-state index contributed by atoms with van der Waals surface area (Å²) < 4.78 is 20.7. The SMILES string of the molecule is CCc1cc2c(=O)c3c4ccc(C#N)cc4[nH]c3n(C(C)C)c2c(F)c1C1CCN(I)CC1. The van der Waals surface area contributed by atoms with E-state index in [0.717, 1.165) is 48.0 Å². The van der Waals surface area contributed by atoms with Crippen LogP contribution in [0, 0.1) is 17.1 Å². The van der Waals surface area contributed by atoms with Crippen molar-refractivity contribution < 1.29 is 4.39 Å². The molecule has 1 aliphatic rings. The van der Waals surface area contributed by atoms with E-state index in [1.807, 2.05) is 37.5 Å². The number of hydrogen-bond donors (Lipinski definition) is 1. The molecule has 7 heteroatoms. The molecule has 0 spiro atoms. The van der Waals surface area contributed by atoms with E-state index in [2.05, 4.69) is 37.0 Å². The highest BCUT2D eigenvalue weighted by Gasteiger charge is 2.28. The fourth-order valence-corrected chi connectivity index (χ4v) is 5.97. The lowest BCUT2D eigenvalue weighted by atomic mass is 9.84. The zero-order valence-corrected chi connectivity index (χ0v) is 21.2. The Balaban J connectivity index is 1.92. The van der Waals surface area contributed by atoms with E-state index in [-0.39, 0.29) is 23.2 Å². The number of H-pyrrole nitrogens is 1. The molecule has 0 saturated carbocycles. The Morgan fingerprint density at radius 1 is 1.24 bits per heavy atom. The Morgan fingerprint density at radius 2 is 1.97 bits per heavy atom. The molecule has 5 nitrogen and oxygen atoms in total. The van der Waals surface area contributed by atoms with Crippen molar-refractivity contribution in [3.8, 4) is 6.07 Å². The number of pyridine rings is 1. The molecule has 4 aromatic rings. The van der Waals surface area contributed by atoms with E-state index in [9.17, 15) is 10.1 Å². The summed E-state index contributed by atoms with van der Waals surface area (Å²) in [5, 5.41) is 11.1. The van der Waals surface area contributed by atoms with Crippen LogP contribution in [0.3, 0.4) is 0 Å². The van der Waals surface area contributed by atoms with Crippen molar-refractivity contribution in [2.24, 2.45) is 0 Å². The first-order valence-corrected chi connectivity index (χ1v) is 12.5. The maximum absolute atomic E-state index is 16.5. The van der Waals surface area contributed by atoms with Gasteiger partial charge in [-0.15, -0.1) is 0 Å². The second-order valence-electron chi connectivity index (χ2n) is 9.21. The van der Waals surface area contributed by atoms with Gasteiger partial charge in [0.25, 0.3) is 0 Å². The maximum Gasteiger partial charge on any atom is 0.199 e. The highest BCUT2D eigenvalue weighted by molar-refractivity contribution is 14.1. The highest BCUT2D eigenvalue weighted by Crippen LogP contribution is 2.38. The van der Waals surface area contributed by atoms with Crippen LogP contribution in [0.25, 0.3) is 32.8 Å². The van der Waals surface area contributed by atoms with Gasteiger partial charge in [-0.3, -0.25) is 4.79 Å². The summed E-state index contributed by atoms with van der Waals surface area (Å²) in [6.45, 7) is 7.93. The molecule has 3 heterocycles. The van der Waals surface area contributed by atoms with Crippen molar-refractivity contribution in [3.05, 3.63) is 57.0 Å². The molecule has 0 amide bonds. The third-order valence-corrected chi connectivity index (χ3v) is 7.94. The molecule has 0 radical (unpaired) electrons. The fourth-order valence-electron chi connectivity index (χ4n) is 5.41. The summed E-state index contributed by atoms with van der Waals surface area (Å²) in [5.41, 5.74) is 3.80. The molecule has 0 atom stereocenters. The number of piperidine rings is 1. The summed E-state index contributed by atoms with van der Waals surface area (Å²) >= 11 is 2.34. The number of halogens is 2. The number of nitrogens with one attached hydrogen (secondary N) is 1. The number of rotatable bonds is 3. The predicted molar refractivity (Wildman–Crippen MR) is 140 cm³/mol. The first-order chi connectivity index (χ1) is 15.8. The van der Waals surface area contributed by atoms with Gasteiger partial charge in [-0.05, 0) is 68.4 Å². The number of aryl methyl sites for hydroxylation is 1. The standard InChI is InChI=1S/C26H26FIN4O/c1-4-16-12-19-24(23(27)21(16)17-7-9-31(28)10-8-17)32(14(2)3)26-22(25(19)33)18-6-5-15(13-29)11-20(18)30-26/h5-6,11-12,14,17,30H,4,7-10H2,1-3H3. The Labute approximate surface area is 205 Å². The number of benzene rings is 2. The van der Waals surface area contributed by atoms with Gasteiger partial charge >= 0.3 is 0 Å². The number of fused-ring (bicyclic) bond motifs is 4. The lowest BCUT2D eigenvalue weighted by Gasteiger charge is -2.30. The maximum atomic E-state index is 16.5. The molecule has 1 N–H and O–H groups in total. The van der Waals surface area contributed by atoms with Gasteiger partial charge in [-0.2, -0.15) is 5.26 Å². The van der Waals surface area contributed by atoms with Crippen molar-refractivity contribution in [3.63, 3.8) is 0 Å². The Hall–Kier alpha value is -2.44. The van der Waals surface area contributed by atoms with Crippen LogP contribution in [0.2, 0.25) is 0 Å². The van der Waals surface area contributed by atoms with E-state index < -0.39 is 0 Å². The molecule has 0 aliphatic carbocycles. The second kappa shape index (κ2) is 8.41. The molecular formula is C26H26FIN4O. The van der Waals surface area contributed by atoms with Crippen LogP contribution >= 0.6 is 22.9 Å². The van der Waals surface area contributed by atoms with Crippen LogP contribution in [0.5, 0.6) is 0 Å². The van der Waals surface area contributed by atoms with Crippen molar-refractivity contribution in [1.82, 2.24) is 12.7 Å². The quantitative estimate of drug-likeness (QED) is 0.237. The van der Waals surface area contributed by atoms with Crippen LogP contribution < -0.4 is 5.43 Å². The molecule has 33 heavy (non-hydrogen) atoms. The van der Waals surface area contributed by atoms with Crippen LogP contribution in [-0.2, 0) is 6.42 Å². The summed E-state index contributed by atoms with van der Waals surface area (Å²) in [5.74, 6) is -0.0944. The van der Waals surface area contributed by atoms with Gasteiger partial charge in [0.15, 0.2) is 11.2 Å². The molecule has 1 aliphatic heterocycles. The number of hydrogen-bond acceptors (Lipinski definition) is 3. The number of nitrogens with zero attached hydrogens (tertiary/aromatic N) is 3. The first-order valence-electron chi connectivity index (χ1n) is 11.5. The number of aromatic nitrogens is 2. The van der Waals surface area contributed by atoms with Gasteiger partial charge in [0.2, 0.25) is 0 Å². The summed E-state index contributed by atoms with van der Waals surface area (Å²) in [6, 6.07) is 9.31. The fraction of sp³-hybridized carbons (Fsp3) is 0.385. The largest absolute Gasteiger partial charge is 0.340 e. The van der Waals surface area contributed by atoms with Gasteiger partial charge in [0.05, 0.1) is 22.5 Å². The van der Waals surface area contributed by atoms with Crippen LogP contribution in [-0.4, -0.2) is 25.8 Å². The van der Waals surface area contributed by atoms with Gasteiger partial charge in [-0.25, -0.2) is 7.50 Å². The van der Waals surface area contributed by atoms with Crippen molar-refractivity contribution in [2.75, 3.05) is 13.1 Å². The van der Waals surface area contributed by atoms with Crippen LogP contribution in [0.15, 0.2) is 29.1 Å². The lowest BCUT2D eigenvalue weighted by molar-refractivity contribution is 0.361. The van der Waals surface area contributed by atoms with Gasteiger partial charge < -0.3 is 9.55 Å². The van der Waals surface area contributed by atoms with E-state index in [1.165, 1.54) is 0 Å². The molecule has 5 rings (SSSR count). The topological polar surface area (TPSA) is 64.8 Å². The first kappa shape index (κ1) is 22.4. The Kier molecular flexibility index (Phi) is 5.69. The van der Waals surface area contributed by atoms with Crippen LogP contribution in [0.4, 0.5) is 4.39 Å². The van der Waals surface area contributed by atoms with Gasteiger partial charge in [-0.1, -0.05) is 13.0 Å². The zero-order valence-electron chi connectivity index (χ0n) is 19.0. The van der Waals surface area contributed by atoms with Gasteiger partial charge in [0.1, 0.15) is 5.65 Å². The highest BCUT2D eigenvalue weighted by atomic mass is 127. The van der Waals surface area contributed by atoms with Crippen molar-refractivity contribution in [1.29, 1.82) is 5.26 Å². The van der Waals surface area contributed by atoms with E-state index in [4.69, 9.17) is 0 Å². The predicted octanol–water partition coefficient (Wildman–Crippen LogP) is 6.32. The van der Waals surface area contributed by atoms with E-state index in [1.54, 1.807) is 12.1 Å². The summed E-state index contributed by atoms with van der Waals surface area (Å²) in [6.07, 6.45) is 2.51. The third-order valence-electron chi connectivity index (χ3n) is 6.97. The molecule has 0 unspecified atom stereocenters.